The van der Waals surface area contributed by atoms with E-state index >= 15 is 0 Å². The summed E-state index contributed by atoms with van der Waals surface area (Å²) >= 11 is 0. The zero-order chi connectivity index (χ0) is 14.0. The average Bonchev–Trinajstić information content (AvgIpc) is 2.36. The summed E-state index contributed by atoms with van der Waals surface area (Å²) in [5, 5.41) is 0. The summed E-state index contributed by atoms with van der Waals surface area (Å²) < 4.78 is 31.5. The lowest BCUT2D eigenvalue weighted by molar-refractivity contribution is 0.0998. The number of carbonyl (C=O) groups excluding carboxylic acids is 1. The van der Waals surface area contributed by atoms with E-state index in [1.54, 1.807) is 12.1 Å². The fourth-order valence-electron chi connectivity index (χ4n) is 1.40. The zero-order valence-corrected chi connectivity index (χ0v) is 9.56. The molecule has 0 saturated carbocycles. The molecule has 1 aromatic heterocycles. The maximum Gasteiger partial charge on any atom is 0.258 e. The van der Waals surface area contributed by atoms with Crippen LogP contribution in [0.4, 0.5) is 14.6 Å². The quantitative estimate of drug-likeness (QED) is 0.885. The number of rotatable bonds is 3. The molecule has 0 aliphatic rings. The second-order valence-electron chi connectivity index (χ2n) is 3.60. The summed E-state index contributed by atoms with van der Waals surface area (Å²) in [4.78, 5) is 14.6. The van der Waals surface area contributed by atoms with Crippen molar-refractivity contribution < 1.29 is 18.3 Å². The number of carbonyl (C=O) groups is 1. The number of halogens is 2. The lowest BCUT2D eigenvalue weighted by atomic mass is 10.2. The highest BCUT2D eigenvalue weighted by Crippen LogP contribution is 2.27. The van der Waals surface area contributed by atoms with Gasteiger partial charge in [0.05, 0.1) is 5.56 Å². The second kappa shape index (κ2) is 4.89. The fraction of sp³-hybridized carbons (Fsp3) is 0. The lowest BCUT2D eigenvalue weighted by Crippen LogP contribution is -2.12. The third-order valence-electron chi connectivity index (χ3n) is 2.28. The molecule has 0 fully saturated rings. The van der Waals surface area contributed by atoms with Gasteiger partial charge in [0.1, 0.15) is 5.75 Å². The molecule has 1 amide bonds. The molecule has 2 aromatic rings. The topological polar surface area (TPSA) is 91.2 Å². The minimum atomic E-state index is -1.04. The van der Waals surface area contributed by atoms with Crippen LogP contribution in [0.1, 0.15) is 10.4 Å². The molecule has 0 spiro atoms. The number of benzene rings is 1. The van der Waals surface area contributed by atoms with Gasteiger partial charge in [0.2, 0.25) is 0 Å². The molecule has 4 N–H and O–H groups in total. The molecule has 0 bridgehead atoms. The predicted octanol–water partition coefficient (Wildman–Crippen LogP) is 1.83. The van der Waals surface area contributed by atoms with Crippen molar-refractivity contribution in [2.45, 2.75) is 0 Å². The lowest BCUT2D eigenvalue weighted by Gasteiger charge is -2.09. The summed E-state index contributed by atoms with van der Waals surface area (Å²) in [6, 6.07) is 6.48. The minimum Gasteiger partial charge on any atom is -0.436 e. The Hall–Kier alpha value is -2.70. The molecule has 98 valence electrons. The van der Waals surface area contributed by atoms with Crippen LogP contribution in [-0.4, -0.2) is 10.9 Å². The third kappa shape index (κ3) is 2.59. The van der Waals surface area contributed by atoms with Crippen LogP contribution in [0.25, 0.3) is 0 Å². The van der Waals surface area contributed by atoms with Crippen molar-refractivity contribution in [3.8, 4) is 11.6 Å². The van der Waals surface area contributed by atoms with E-state index in [1.165, 1.54) is 12.1 Å². The van der Waals surface area contributed by atoms with Crippen molar-refractivity contribution in [1.82, 2.24) is 4.98 Å². The average molecular weight is 265 g/mol. The Bertz CT molecular complexity index is 647. The van der Waals surface area contributed by atoms with Crippen LogP contribution in [0.5, 0.6) is 11.6 Å². The molecule has 19 heavy (non-hydrogen) atoms. The number of para-hydroxylation sites is 1. The Kier molecular flexibility index (Phi) is 3.28. The summed E-state index contributed by atoms with van der Waals surface area (Å²) in [6.07, 6.45) is 0. The van der Waals surface area contributed by atoms with Crippen molar-refractivity contribution in [3.63, 3.8) is 0 Å². The standard InChI is InChI=1S/C12H9F2N3O2/c13-7-5-8(14)12(17-10(7)15)19-9-4-2-1-3-6(9)11(16)18/h1-5H,(H2,15,17)(H2,16,18). The number of amides is 1. The molecule has 1 heterocycles. The van der Waals surface area contributed by atoms with E-state index in [0.29, 0.717) is 6.07 Å². The van der Waals surface area contributed by atoms with Crippen molar-refractivity contribution in [3.05, 3.63) is 47.5 Å². The van der Waals surface area contributed by atoms with Crippen LogP contribution in [0.15, 0.2) is 30.3 Å². The number of nitrogens with zero attached hydrogens (tertiary/aromatic N) is 1. The van der Waals surface area contributed by atoms with E-state index in [2.05, 4.69) is 4.98 Å². The Balaban J connectivity index is 2.42. The molecule has 7 heteroatoms. The first-order chi connectivity index (χ1) is 8.99. The van der Waals surface area contributed by atoms with Gasteiger partial charge < -0.3 is 16.2 Å². The molecular weight excluding hydrogens is 256 g/mol. The van der Waals surface area contributed by atoms with E-state index in [-0.39, 0.29) is 11.3 Å². The van der Waals surface area contributed by atoms with Crippen molar-refractivity contribution in [2.24, 2.45) is 5.73 Å². The van der Waals surface area contributed by atoms with E-state index < -0.39 is 29.2 Å². The van der Waals surface area contributed by atoms with Crippen LogP contribution in [0.3, 0.4) is 0 Å². The maximum atomic E-state index is 13.4. The normalized spacial score (nSPS) is 10.2. The van der Waals surface area contributed by atoms with Gasteiger partial charge in [0.25, 0.3) is 11.8 Å². The van der Waals surface area contributed by atoms with E-state index in [1.807, 2.05) is 0 Å². The van der Waals surface area contributed by atoms with Crippen LogP contribution in [0.2, 0.25) is 0 Å². The number of ether oxygens (including phenoxy) is 1. The SMILES string of the molecule is NC(=O)c1ccccc1Oc1nc(N)c(F)cc1F. The van der Waals surface area contributed by atoms with E-state index in [4.69, 9.17) is 16.2 Å². The van der Waals surface area contributed by atoms with E-state index in [0.717, 1.165) is 0 Å². The smallest absolute Gasteiger partial charge is 0.258 e. The van der Waals surface area contributed by atoms with Gasteiger partial charge in [-0.2, -0.15) is 4.98 Å². The van der Waals surface area contributed by atoms with E-state index in [9.17, 15) is 13.6 Å². The van der Waals surface area contributed by atoms with Crippen LogP contribution >= 0.6 is 0 Å². The van der Waals surface area contributed by atoms with Gasteiger partial charge in [-0.1, -0.05) is 12.1 Å². The fourth-order valence-corrected chi connectivity index (χ4v) is 1.40. The molecule has 5 nitrogen and oxygen atoms in total. The highest BCUT2D eigenvalue weighted by atomic mass is 19.1. The number of anilines is 1. The molecule has 0 aliphatic carbocycles. The molecule has 1 aromatic carbocycles. The van der Waals surface area contributed by atoms with Gasteiger partial charge in [-0.3, -0.25) is 4.79 Å². The Morgan fingerprint density at radius 3 is 2.58 bits per heavy atom. The second-order valence-corrected chi connectivity index (χ2v) is 3.60. The highest BCUT2D eigenvalue weighted by Gasteiger charge is 2.15. The molecule has 0 atom stereocenters. The largest absolute Gasteiger partial charge is 0.436 e. The first kappa shape index (κ1) is 12.7. The number of aromatic nitrogens is 1. The van der Waals surface area contributed by atoms with Crippen molar-refractivity contribution in [1.29, 1.82) is 0 Å². The Morgan fingerprint density at radius 2 is 1.89 bits per heavy atom. The van der Waals surface area contributed by atoms with Gasteiger partial charge >= 0.3 is 0 Å². The molecule has 0 radical (unpaired) electrons. The van der Waals surface area contributed by atoms with Crippen molar-refractivity contribution in [2.75, 3.05) is 5.73 Å². The number of primary amides is 1. The predicted molar refractivity (Wildman–Crippen MR) is 63.6 cm³/mol. The van der Waals surface area contributed by atoms with Crippen LogP contribution < -0.4 is 16.2 Å². The van der Waals surface area contributed by atoms with Gasteiger partial charge in [-0.25, -0.2) is 8.78 Å². The Labute approximate surface area is 106 Å². The minimum absolute atomic E-state index is 0.00686. The number of pyridine rings is 1. The molecule has 0 saturated heterocycles. The summed E-state index contributed by atoms with van der Waals surface area (Å²) in [5.74, 6) is -3.81. The summed E-state index contributed by atoms with van der Waals surface area (Å²) in [7, 11) is 0. The van der Waals surface area contributed by atoms with Crippen molar-refractivity contribution >= 4 is 11.7 Å². The maximum absolute atomic E-state index is 13.4. The molecule has 2 rings (SSSR count). The number of nitrogens with two attached hydrogens (primary N) is 2. The van der Waals surface area contributed by atoms with Gasteiger partial charge in [0, 0.05) is 6.07 Å². The molecular formula is C12H9F2N3O2. The number of hydrogen-bond donors (Lipinski definition) is 2. The zero-order valence-electron chi connectivity index (χ0n) is 9.56. The molecule has 0 aliphatic heterocycles. The first-order valence-electron chi connectivity index (χ1n) is 5.17. The highest BCUT2D eigenvalue weighted by molar-refractivity contribution is 5.95. The number of hydrogen-bond acceptors (Lipinski definition) is 4. The first-order valence-corrected chi connectivity index (χ1v) is 5.17. The third-order valence-corrected chi connectivity index (χ3v) is 2.28. The summed E-state index contributed by atoms with van der Waals surface area (Å²) in [6.45, 7) is 0. The summed E-state index contributed by atoms with van der Waals surface area (Å²) in [5.41, 5.74) is 10.4. The Morgan fingerprint density at radius 1 is 1.21 bits per heavy atom. The molecule has 0 unspecified atom stereocenters. The van der Waals surface area contributed by atoms with Gasteiger partial charge in [0.15, 0.2) is 17.5 Å². The van der Waals surface area contributed by atoms with Crippen LogP contribution in [0, 0.1) is 11.6 Å². The number of nitrogen functional groups attached to an aromatic ring is 1. The van der Waals surface area contributed by atoms with Crippen LogP contribution in [-0.2, 0) is 0 Å². The van der Waals surface area contributed by atoms with Gasteiger partial charge in [-0.15, -0.1) is 0 Å². The van der Waals surface area contributed by atoms with Gasteiger partial charge in [-0.05, 0) is 12.1 Å². The monoisotopic (exact) mass is 265 g/mol.